The normalized spacial score (nSPS) is 11.5. The highest BCUT2D eigenvalue weighted by atomic mass is 35.5. The van der Waals surface area contributed by atoms with Gasteiger partial charge in [0, 0.05) is 17.9 Å². The van der Waals surface area contributed by atoms with E-state index in [4.69, 9.17) is 11.6 Å². The van der Waals surface area contributed by atoms with Crippen LogP contribution in [0.4, 0.5) is 0 Å². The highest BCUT2D eigenvalue weighted by molar-refractivity contribution is 6.33. The quantitative estimate of drug-likeness (QED) is 0.612. The molecule has 3 heterocycles. The number of nitrogens with zero attached hydrogens (tertiary/aromatic N) is 5. The van der Waals surface area contributed by atoms with Crippen LogP contribution in [0.3, 0.4) is 0 Å². The molecule has 6 nitrogen and oxygen atoms in total. The molecule has 4 aromatic rings. The SMILES string of the molecule is Cc1ccc2nc(C)c3nnc(-c4cc(CCO)ccc4Cl)n3c2n1. The Hall–Kier alpha value is -2.57. The summed E-state index contributed by atoms with van der Waals surface area (Å²) >= 11 is 6.43. The third kappa shape index (κ3) is 2.63. The Bertz CT molecular complexity index is 1110. The number of pyridine rings is 1. The van der Waals surface area contributed by atoms with Crippen molar-refractivity contribution in [3.05, 3.63) is 52.3 Å². The monoisotopic (exact) mass is 353 g/mol. The maximum Gasteiger partial charge on any atom is 0.184 e. The van der Waals surface area contributed by atoms with Gasteiger partial charge in [-0.2, -0.15) is 0 Å². The summed E-state index contributed by atoms with van der Waals surface area (Å²) in [6.07, 6.45) is 0.555. The topological polar surface area (TPSA) is 76.2 Å². The van der Waals surface area contributed by atoms with Crippen LogP contribution >= 0.6 is 11.6 Å². The standard InChI is InChI=1S/C18H16ClN5O/c1-10-3-6-15-18(20-10)24-16(11(2)21-15)22-23-17(24)13-9-12(7-8-25)4-5-14(13)19/h3-6,9,25H,7-8H2,1-2H3. The van der Waals surface area contributed by atoms with Crippen molar-refractivity contribution in [3.63, 3.8) is 0 Å². The predicted octanol–water partition coefficient (Wildman–Crippen LogP) is 3.14. The average Bonchev–Trinajstić information content (AvgIpc) is 3.03. The third-order valence-electron chi connectivity index (χ3n) is 4.15. The number of hydrogen-bond acceptors (Lipinski definition) is 5. The Kier molecular flexibility index (Phi) is 3.86. The minimum absolute atomic E-state index is 0.0777. The van der Waals surface area contributed by atoms with Crippen LogP contribution in [0.1, 0.15) is 17.0 Å². The predicted molar refractivity (Wildman–Crippen MR) is 96.8 cm³/mol. The number of aryl methyl sites for hydroxylation is 2. The van der Waals surface area contributed by atoms with Gasteiger partial charge in [0.25, 0.3) is 0 Å². The fraction of sp³-hybridized carbons (Fsp3) is 0.222. The molecule has 126 valence electrons. The van der Waals surface area contributed by atoms with Crippen LogP contribution in [-0.4, -0.2) is 36.3 Å². The highest BCUT2D eigenvalue weighted by Crippen LogP contribution is 2.30. The molecule has 0 saturated carbocycles. The van der Waals surface area contributed by atoms with Gasteiger partial charge in [-0.3, -0.25) is 4.40 Å². The summed E-state index contributed by atoms with van der Waals surface area (Å²) in [5.74, 6) is 0.619. The van der Waals surface area contributed by atoms with Gasteiger partial charge in [0.15, 0.2) is 17.1 Å². The number of aliphatic hydroxyl groups is 1. The van der Waals surface area contributed by atoms with Crippen molar-refractivity contribution in [2.45, 2.75) is 20.3 Å². The second-order valence-electron chi connectivity index (χ2n) is 5.96. The fourth-order valence-corrected chi connectivity index (χ4v) is 3.14. The molecule has 0 aliphatic carbocycles. The third-order valence-corrected chi connectivity index (χ3v) is 4.48. The first-order valence-electron chi connectivity index (χ1n) is 7.97. The number of rotatable bonds is 3. The Morgan fingerprint density at radius 3 is 2.68 bits per heavy atom. The highest BCUT2D eigenvalue weighted by Gasteiger charge is 2.17. The molecule has 0 aliphatic heterocycles. The van der Waals surface area contributed by atoms with Gasteiger partial charge in [-0.25, -0.2) is 9.97 Å². The van der Waals surface area contributed by atoms with E-state index in [2.05, 4.69) is 20.2 Å². The molecule has 1 aromatic carbocycles. The van der Waals surface area contributed by atoms with E-state index >= 15 is 0 Å². The maximum absolute atomic E-state index is 9.21. The Morgan fingerprint density at radius 2 is 1.88 bits per heavy atom. The molecule has 0 atom stereocenters. The number of fused-ring (bicyclic) bond motifs is 3. The fourth-order valence-electron chi connectivity index (χ4n) is 2.94. The van der Waals surface area contributed by atoms with E-state index in [1.807, 2.05) is 48.6 Å². The molecule has 0 saturated heterocycles. The van der Waals surface area contributed by atoms with Gasteiger partial charge in [0.2, 0.25) is 0 Å². The van der Waals surface area contributed by atoms with E-state index in [1.165, 1.54) is 0 Å². The molecule has 0 fully saturated rings. The molecule has 0 amide bonds. The van der Waals surface area contributed by atoms with Crippen LogP contribution in [0, 0.1) is 13.8 Å². The van der Waals surface area contributed by atoms with Gasteiger partial charge in [0.1, 0.15) is 5.52 Å². The minimum Gasteiger partial charge on any atom is -0.396 e. The number of aliphatic hydroxyl groups excluding tert-OH is 1. The molecule has 1 N–H and O–H groups in total. The largest absolute Gasteiger partial charge is 0.396 e. The second kappa shape index (κ2) is 6.06. The molecule has 0 radical (unpaired) electrons. The van der Waals surface area contributed by atoms with E-state index in [1.54, 1.807) is 0 Å². The molecule has 0 spiro atoms. The molecule has 7 heteroatoms. The van der Waals surface area contributed by atoms with Crippen LogP contribution in [0.15, 0.2) is 30.3 Å². The first kappa shape index (κ1) is 15.9. The molecule has 3 aromatic heterocycles. The van der Waals surface area contributed by atoms with Crippen LogP contribution in [-0.2, 0) is 6.42 Å². The van der Waals surface area contributed by atoms with Crippen LogP contribution in [0.5, 0.6) is 0 Å². The van der Waals surface area contributed by atoms with E-state index in [0.717, 1.165) is 28.0 Å². The zero-order valence-electron chi connectivity index (χ0n) is 13.9. The average molecular weight is 354 g/mol. The van der Waals surface area contributed by atoms with Gasteiger partial charge in [-0.15, -0.1) is 10.2 Å². The summed E-state index contributed by atoms with van der Waals surface area (Å²) in [5.41, 5.74) is 5.54. The Balaban J connectivity index is 2.08. The number of aromatic nitrogens is 5. The van der Waals surface area contributed by atoms with Crippen molar-refractivity contribution < 1.29 is 5.11 Å². The molecule has 25 heavy (non-hydrogen) atoms. The summed E-state index contributed by atoms with van der Waals surface area (Å²) in [4.78, 5) is 9.20. The summed E-state index contributed by atoms with van der Waals surface area (Å²) in [6, 6.07) is 9.53. The minimum atomic E-state index is 0.0777. The van der Waals surface area contributed by atoms with Crippen molar-refractivity contribution in [1.29, 1.82) is 0 Å². The van der Waals surface area contributed by atoms with Crippen molar-refractivity contribution in [2.75, 3.05) is 6.61 Å². The first-order chi connectivity index (χ1) is 12.1. The summed E-state index contributed by atoms with van der Waals surface area (Å²) in [6.45, 7) is 3.91. The lowest BCUT2D eigenvalue weighted by Crippen LogP contribution is -2.01. The van der Waals surface area contributed by atoms with Crippen LogP contribution < -0.4 is 0 Å². The van der Waals surface area contributed by atoms with Crippen molar-refractivity contribution in [1.82, 2.24) is 24.6 Å². The summed E-state index contributed by atoms with van der Waals surface area (Å²) < 4.78 is 1.90. The Labute approximate surface area is 149 Å². The van der Waals surface area contributed by atoms with Crippen molar-refractivity contribution >= 4 is 28.4 Å². The number of benzene rings is 1. The molecular formula is C18H16ClN5O. The van der Waals surface area contributed by atoms with Gasteiger partial charge in [0.05, 0.1) is 10.7 Å². The van der Waals surface area contributed by atoms with E-state index < -0.39 is 0 Å². The number of hydrogen-bond donors (Lipinski definition) is 1. The Morgan fingerprint density at radius 1 is 1.04 bits per heavy atom. The summed E-state index contributed by atoms with van der Waals surface area (Å²) in [7, 11) is 0. The maximum atomic E-state index is 9.21. The smallest absolute Gasteiger partial charge is 0.184 e. The molecule has 0 aliphatic rings. The van der Waals surface area contributed by atoms with Crippen LogP contribution in [0.25, 0.3) is 28.2 Å². The van der Waals surface area contributed by atoms with Crippen LogP contribution in [0.2, 0.25) is 5.02 Å². The zero-order valence-corrected chi connectivity index (χ0v) is 14.6. The van der Waals surface area contributed by atoms with Gasteiger partial charge in [-0.05, 0) is 50.1 Å². The molecule has 4 rings (SSSR count). The van der Waals surface area contributed by atoms with E-state index in [0.29, 0.717) is 28.6 Å². The zero-order chi connectivity index (χ0) is 17.6. The van der Waals surface area contributed by atoms with E-state index in [-0.39, 0.29) is 6.61 Å². The molecule has 0 unspecified atom stereocenters. The van der Waals surface area contributed by atoms with Crippen molar-refractivity contribution in [3.8, 4) is 11.4 Å². The van der Waals surface area contributed by atoms with Gasteiger partial charge in [-0.1, -0.05) is 17.7 Å². The van der Waals surface area contributed by atoms with Gasteiger partial charge < -0.3 is 5.11 Å². The van der Waals surface area contributed by atoms with Crippen molar-refractivity contribution in [2.24, 2.45) is 0 Å². The summed E-state index contributed by atoms with van der Waals surface area (Å²) in [5, 5.41) is 18.4. The molecular weight excluding hydrogens is 338 g/mol. The van der Waals surface area contributed by atoms with E-state index in [9.17, 15) is 5.11 Å². The van der Waals surface area contributed by atoms with Gasteiger partial charge >= 0.3 is 0 Å². The lowest BCUT2D eigenvalue weighted by atomic mass is 10.1. The first-order valence-corrected chi connectivity index (χ1v) is 8.35. The lowest BCUT2D eigenvalue weighted by molar-refractivity contribution is 0.299. The number of halogens is 1. The molecule has 0 bridgehead atoms. The lowest BCUT2D eigenvalue weighted by Gasteiger charge is -2.09. The second-order valence-corrected chi connectivity index (χ2v) is 6.37.